The molecule has 0 N–H and O–H groups in total. The first kappa shape index (κ1) is 19.3. The Morgan fingerprint density at radius 3 is 2.33 bits per heavy atom. The van der Waals surface area contributed by atoms with Crippen LogP contribution in [0.3, 0.4) is 0 Å². The number of hydrogen-bond acceptors (Lipinski definition) is 5. The molecule has 1 aromatic carbocycles. The van der Waals surface area contributed by atoms with Crippen LogP contribution in [0.2, 0.25) is 0 Å². The van der Waals surface area contributed by atoms with E-state index in [2.05, 4.69) is 41.9 Å². The Bertz CT molecular complexity index is 764. The van der Waals surface area contributed by atoms with Gasteiger partial charge in [0.15, 0.2) is 0 Å². The largest absolute Gasteiger partial charge is 0.476 e. The maximum atomic E-state index is 8.88. The molecule has 5 heteroatoms. The zero-order valence-electron chi connectivity index (χ0n) is 16.5. The lowest BCUT2D eigenvalue weighted by atomic mass is 9.92. The lowest BCUT2D eigenvalue weighted by molar-refractivity contribution is 0.134. The maximum Gasteiger partial charge on any atom is 0.233 e. The van der Waals surface area contributed by atoms with E-state index in [9.17, 15) is 0 Å². The predicted molar refractivity (Wildman–Crippen MR) is 105 cm³/mol. The van der Waals surface area contributed by atoms with E-state index >= 15 is 0 Å². The lowest BCUT2D eigenvalue weighted by Crippen LogP contribution is -2.35. The summed E-state index contributed by atoms with van der Waals surface area (Å²) in [5, 5.41) is 17.4. The first-order chi connectivity index (χ1) is 12.9. The molecular weight excluding hydrogens is 336 g/mol. The Hall–Kier alpha value is -2.45. The monoisotopic (exact) mass is 364 g/mol. The van der Waals surface area contributed by atoms with Gasteiger partial charge in [-0.15, -0.1) is 5.10 Å². The van der Waals surface area contributed by atoms with Gasteiger partial charge >= 0.3 is 0 Å². The molecule has 1 fully saturated rings. The first-order valence-corrected chi connectivity index (χ1v) is 9.62. The Balaban J connectivity index is 1.42. The van der Waals surface area contributed by atoms with Crippen molar-refractivity contribution in [1.82, 2.24) is 15.1 Å². The van der Waals surface area contributed by atoms with Gasteiger partial charge in [0.2, 0.25) is 5.88 Å². The van der Waals surface area contributed by atoms with E-state index in [1.807, 2.05) is 36.4 Å². The van der Waals surface area contributed by atoms with Crippen LogP contribution in [-0.2, 0) is 12.0 Å². The van der Waals surface area contributed by atoms with Gasteiger partial charge in [0.1, 0.15) is 0 Å². The molecule has 2 aromatic rings. The van der Waals surface area contributed by atoms with Crippen molar-refractivity contribution in [3.05, 3.63) is 53.2 Å². The van der Waals surface area contributed by atoms with Crippen molar-refractivity contribution in [2.75, 3.05) is 19.7 Å². The van der Waals surface area contributed by atoms with E-state index < -0.39 is 0 Å². The molecule has 1 aliphatic rings. The van der Waals surface area contributed by atoms with Crippen LogP contribution in [0.15, 0.2) is 36.4 Å². The predicted octanol–water partition coefficient (Wildman–Crippen LogP) is 3.94. The van der Waals surface area contributed by atoms with Gasteiger partial charge in [-0.05, 0) is 55.6 Å². The van der Waals surface area contributed by atoms with Crippen molar-refractivity contribution in [2.45, 2.75) is 45.6 Å². The van der Waals surface area contributed by atoms with Crippen molar-refractivity contribution < 1.29 is 4.74 Å². The molecule has 0 bridgehead atoms. The number of rotatable bonds is 5. The molecule has 0 saturated carbocycles. The van der Waals surface area contributed by atoms with Gasteiger partial charge in [0, 0.05) is 18.0 Å². The number of benzene rings is 1. The van der Waals surface area contributed by atoms with E-state index in [0.29, 0.717) is 24.0 Å². The fourth-order valence-electron chi connectivity index (χ4n) is 3.25. The molecular formula is C22H28N4O. The van der Waals surface area contributed by atoms with Crippen LogP contribution >= 0.6 is 0 Å². The summed E-state index contributed by atoms with van der Waals surface area (Å²) in [6, 6.07) is 14.0. The van der Waals surface area contributed by atoms with E-state index in [0.717, 1.165) is 38.2 Å². The van der Waals surface area contributed by atoms with Gasteiger partial charge in [-0.1, -0.05) is 32.9 Å². The fourth-order valence-corrected chi connectivity index (χ4v) is 3.25. The molecule has 0 spiro atoms. The smallest absolute Gasteiger partial charge is 0.233 e. The molecule has 0 amide bonds. The molecule has 1 aromatic heterocycles. The SMILES string of the molecule is CC(C)(C)c1ccc(OCC2CCN(Cc3ccc(C#N)cc3)CC2)nn1. The van der Waals surface area contributed by atoms with Crippen LogP contribution < -0.4 is 4.74 Å². The summed E-state index contributed by atoms with van der Waals surface area (Å²) in [5.41, 5.74) is 2.96. The molecule has 1 saturated heterocycles. The molecule has 0 unspecified atom stereocenters. The summed E-state index contributed by atoms with van der Waals surface area (Å²) in [6.45, 7) is 10.2. The van der Waals surface area contributed by atoms with Crippen molar-refractivity contribution in [3.8, 4) is 11.9 Å². The van der Waals surface area contributed by atoms with Crippen molar-refractivity contribution in [1.29, 1.82) is 5.26 Å². The molecule has 0 aliphatic carbocycles. The Morgan fingerprint density at radius 1 is 1.07 bits per heavy atom. The number of nitriles is 1. The van der Waals surface area contributed by atoms with Crippen LogP contribution in [-0.4, -0.2) is 34.8 Å². The fraction of sp³-hybridized carbons (Fsp3) is 0.500. The summed E-state index contributed by atoms with van der Waals surface area (Å²) >= 11 is 0. The number of piperidine rings is 1. The first-order valence-electron chi connectivity index (χ1n) is 9.62. The minimum Gasteiger partial charge on any atom is -0.476 e. The number of nitrogens with zero attached hydrogens (tertiary/aromatic N) is 4. The standard InChI is InChI=1S/C22H28N4O/c1-22(2,3)20-8-9-21(25-24-20)27-16-19-10-12-26(13-11-19)15-18-6-4-17(14-23)5-7-18/h4-9,19H,10-13,15-16H2,1-3H3. The quantitative estimate of drug-likeness (QED) is 0.804. The van der Waals surface area contributed by atoms with E-state index in [1.165, 1.54) is 5.56 Å². The van der Waals surface area contributed by atoms with Crippen molar-refractivity contribution >= 4 is 0 Å². The normalized spacial score (nSPS) is 16.1. The average Bonchev–Trinajstić information content (AvgIpc) is 2.68. The van der Waals surface area contributed by atoms with Gasteiger partial charge < -0.3 is 4.74 Å². The van der Waals surface area contributed by atoms with E-state index in [-0.39, 0.29) is 5.41 Å². The third-order valence-corrected chi connectivity index (χ3v) is 5.07. The van der Waals surface area contributed by atoms with Crippen LogP contribution in [0.5, 0.6) is 5.88 Å². The summed E-state index contributed by atoms with van der Waals surface area (Å²) in [6.07, 6.45) is 2.26. The highest BCUT2D eigenvalue weighted by atomic mass is 16.5. The second kappa shape index (κ2) is 8.49. The Labute approximate surface area is 162 Å². The molecule has 142 valence electrons. The summed E-state index contributed by atoms with van der Waals surface area (Å²) in [5.74, 6) is 1.18. The number of aromatic nitrogens is 2. The van der Waals surface area contributed by atoms with Crippen LogP contribution in [0, 0.1) is 17.2 Å². The van der Waals surface area contributed by atoms with E-state index in [1.54, 1.807) is 0 Å². The van der Waals surface area contributed by atoms with Crippen LogP contribution in [0.4, 0.5) is 0 Å². The number of hydrogen-bond donors (Lipinski definition) is 0. The highest BCUT2D eigenvalue weighted by molar-refractivity contribution is 5.31. The van der Waals surface area contributed by atoms with Crippen molar-refractivity contribution in [3.63, 3.8) is 0 Å². The van der Waals surface area contributed by atoms with Crippen LogP contribution in [0.25, 0.3) is 0 Å². The third kappa shape index (κ3) is 5.51. The molecule has 5 nitrogen and oxygen atoms in total. The van der Waals surface area contributed by atoms with Crippen molar-refractivity contribution in [2.24, 2.45) is 5.92 Å². The second-order valence-corrected chi connectivity index (χ2v) is 8.35. The van der Waals surface area contributed by atoms with Gasteiger partial charge in [-0.2, -0.15) is 10.4 Å². The lowest BCUT2D eigenvalue weighted by Gasteiger charge is -2.31. The van der Waals surface area contributed by atoms with Gasteiger partial charge in [0.05, 0.1) is 23.9 Å². The number of likely N-dealkylation sites (tertiary alicyclic amines) is 1. The minimum absolute atomic E-state index is 0.00723. The summed E-state index contributed by atoms with van der Waals surface area (Å²) in [4.78, 5) is 2.47. The maximum absolute atomic E-state index is 8.88. The number of ether oxygens (including phenoxy) is 1. The third-order valence-electron chi connectivity index (χ3n) is 5.07. The second-order valence-electron chi connectivity index (χ2n) is 8.35. The van der Waals surface area contributed by atoms with Crippen LogP contribution in [0.1, 0.15) is 50.4 Å². The Morgan fingerprint density at radius 2 is 1.78 bits per heavy atom. The topological polar surface area (TPSA) is 62.0 Å². The minimum atomic E-state index is 0.00723. The van der Waals surface area contributed by atoms with Gasteiger partial charge in [-0.25, -0.2) is 0 Å². The highest BCUT2D eigenvalue weighted by Gasteiger charge is 2.20. The summed E-state index contributed by atoms with van der Waals surface area (Å²) < 4.78 is 5.87. The van der Waals surface area contributed by atoms with E-state index in [4.69, 9.17) is 10.00 Å². The zero-order valence-corrected chi connectivity index (χ0v) is 16.5. The highest BCUT2D eigenvalue weighted by Crippen LogP contribution is 2.22. The molecule has 0 radical (unpaired) electrons. The Kier molecular flexibility index (Phi) is 6.08. The zero-order chi connectivity index (χ0) is 19.3. The van der Waals surface area contributed by atoms with Gasteiger partial charge in [-0.3, -0.25) is 4.90 Å². The molecule has 27 heavy (non-hydrogen) atoms. The molecule has 2 heterocycles. The summed E-state index contributed by atoms with van der Waals surface area (Å²) in [7, 11) is 0. The molecule has 3 rings (SSSR count). The average molecular weight is 364 g/mol. The molecule has 1 aliphatic heterocycles. The van der Waals surface area contributed by atoms with Gasteiger partial charge in [0.25, 0.3) is 0 Å². The molecule has 0 atom stereocenters.